The SMILES string of the molecule is CC(N)C(F)(F)C1CC1. The Bertz CT molecular complexity index is 104. The topological polar surface area (TPSA) is 26.0 Å². The fourth-order valence-electron chi connectivity index (χ4n) is 0.840. The molecule has 0 radical (unpaired) electrons. The molecule has 0 aromatic rings. The molecular weight excluding hydrogens is 124 g/mol. The van der Waals surface area contributed by atoms with Crippen molar-refractivity contribution in [1.82, 2.24) is 0 Å². The molecule has 0 aromatic carbocycles. The summed E-state index contributed by atoms with van der Waals surface area (Å²) in [5.41, 5.74) is 5.06. The van der Waals surface area contributed by atoms with E-state index >= 15 is 0 Å². The maximum Gasteiger partial charge on any atom is 0.265 e. The van der Waals surface area contributed by atoms with Crippen molar-refractivity contribution in [1.29, 1.82) is 0 Å². The Hall–Kier alpha value is -0.180. The molecule has 1 nitrogen and oxygen atoms in total. The Morgan fingerprint density at radius 1 is 1.56 bits per heavy atom. The van der Waals surface area contributed by atoms with Gasteiger partial charge in [0.05, 0.1) is 6.04 Å². The van der Waals surface area contributed by atoms with Crippen molar-refractivity contribution in [3.05, 3.63) is 0 Å². The van der Waals surface area contributed by atoms with Crippen LogP contribution in [0.2, 0.25) is 0 Å². The highest BCUT2D eigenvalue weighted by atomic mass is 19.3. The van der Waals surface area contributed by atoms with Crippen LogP contribution in [0.3, 0.4) is 0 Å². The molecule has 54 valence electrons. The van der Waals surface area contributed by atoms with Gasteiger partial charge in [-0.15, -0.1) is 0 Å². The number of hydrogen-bond acceptors (Lipinski definition) is 1. The van der Waals surface area contributed by atoms with E-state index in [1.165, 1.54) is 6.92 Å². The van der Waals surface area contributed by atoms with E-state index in [1.807, 2.05) is 0 Å². The van der Waals surface area contributed by atoms with Crippen molar-refractivity contribution in [2.45, 2.75) is 31.7 Å². The Morgan fingerprint density at radius 3 is 2.11 bits per heavy atom. The van der Waals surface area contributed by atoms with Crippen molar-refractivity contribution in [2.24, 2.45) is 11.7 Å². The standard InChI is InChI=1S/C6H11F2N/c1-4(9)6(7,8)5-2-3-5/h4-5H,2-3,9H2,1H3. The molecule has 1 aliphatic rings. The normalized spacial score (nSPS) is 24.0. The largest absolute Gasteiger partial charge is 0.323 e. The number of nitrogens with two attached hydrogens (primary N) is 1. The number of alkyl halides is 2. The molecule has 0 saturated heterocycles. The lowest BCUT2D eigenvalue weighted by Crippen LogP contribution is -2.39. The van der Waals surface area contributed by atoms with Gasteiger partial charge in [0.2, 0.25) is 0 Å². The highest BCUT2D eigenvalue weighted by Crippen LogP contribution is 2.44. The van der Waals surface area contributed by atoms with Crippen LogP contribution in [0, 0.1) is 5.92 Å². The molecule has 1 fully saturated rings. The predicted molar refractivity (Wildman–Crippen MR) is 31.3 cm³/mol. The zero-order valence-electron chi connectivity index (χ0n) is 5.40. The molecule has 0 spiro atoms. The molecule has 2 N–H and O–H groups in total. The summed E-state index contributed by atoms with van der Waals surface area (Å²) in [7, 11) is 0. The molecule has 1 unspecified atom stereocenters. The summed E-state index contributed by atoms with van der Waals surface area (Å²) >= 11 is 0. The summed E-state index contributed by atoms with van der Waals surface area (Å²) < 4.78 is 25.2. The first-order valence-corrected chi connectivity index (χ1v) is 3.18. The van der Waals surface area contributed by atoms with Gasteiger partial charge < -0.3 is 5.73 Å². The Kier molecular flexibility index (Phi) is 1.47. The van der Waals surface area contributed by atoms with Crippen LogP contribution in [0.15, 0.2) is 0 Å². The predicted octanol–water partition coefficient (Wildman–Crippen LogP) is 1.38. The Balaban J connectivity index is 2.48. The van der Waals surface area contributed by atoms with Gasteiger partial charge >= 0.3 is 0 Å². The lowest BCUT2D eigenvalue weighted by molar-refractivity contribution is -0.0417. The first-order chi connectivity index (χ1) is 4.05. The van der Waals surface area contributed by atoms with E-state index in [1.54, 1.807) is 0 Å². The summed E-state index contributed by atoms with van der Waals surface area (Å²) in [6.45, 7) is 1.36. The summed E-state index contributed by atoms with van der Waals surface area (Å²) in [6.07, 6.45) is 1.29. The maximum atomic E-state index is 12.6. The average Bonchev–Trinajstić information content (AvgIpc) is 2.42. The van der Waals surface area contributed by atoms with Crippen LogP contribution in [-0.4, -0.2) is 12.0 Å². The lowest BCUT2D eigenvalue weighted by atomic mass is 10.1. The minimum Gasteiger partial charge on any atom is -0.323 e. The smallest absolute Gasteiger partial charge is 0.265 e. The van der Waals surface area contributed by atoms with Crippen molar-refractivity contribution in [2.75, 3.05) is 0 Å². The quantitative estimate of drug-likeness (QED) is 0.608. The molecule has 1 aliphatic carbocycles. The highest BCUT2D eigenvalue weighted by molar-refractivity contribution is 4.92. The third-order valence-electron chi connectivity index (χ3n) is 1.73. The molecule has 1 atom stereocenters. The van der Waals surface area contributed by atoms with Gasteiger partial charge in [0.1, 0.15) is 0 Å². The second-order valence-electron chi connectivity index (χ2n) is 2.74. The molecule has 0 aliphatic heterocycles. The van der Waals surface area contributed by atoms with Crippen LogP contribution >= 0.6 is 0 Å². The molecule has 0 bridgehead atoms. The minimum absolute atomic E-state index is 0.419. The van der Waals surface area contributed by atoms with Crippen molar-refractivity contribution >= 4 is 0 Å². The van der Waals surface area contributed by atoms with Crippen LogP contribution in [-0.2, 0) is 0 Å². The fraction of sp³-hybridized carbons (Fsp3) is 1.00. The van der Waals surface area contributed by atoms with E-state index in [9.17, 15) is 8.78 Å². The van der Waals surface area contributed by atoms with Gasteiger partial charge in [0, 0.05) is 5.92 Å². The van der Waals surface area contributed by atoms with E-state index < -0.39 is 17.9 Å². The van der Waals surface area contributed by atoms with Gasteiger partial charge in [-0.2, -0.15) is 0 Å². The molecule has 1 rings (SSSR count). The summed E-state index contributed by atoms with van der Waals surface area (Å²) in [5, 5.41) is 0. The lowest BCUT2D eigenvalue weighted by Gasteiger charge is -2.18. The first-order valence-electron chi connectivity index (χ1n) is 3.18. The second kappa shape index (κ2) is 1.90. The number of hydrogen-bond donors (Lipinski definition) is 1. The molecule has 0 amide bonds. The van der Waals surface area contributed by atoms with E-state index in [2.05, 4.69) is 0 Å². The maximum absolute atomic E-state index is 12.6. The van der Waals surface area contributed by atoms with Crippen LogP contribution in [0.1, 0.15) is 19.8 Å². The zero-order chi connectivity index (χ0) is 7.07. The summed E-state index contributed by atoms with van der Waals surface area (Å²) in [6, 6.07) is -0.981. The fourth-order valence-corrected chi connectivity index (χ4v) is 0.840. The van der Waals surface area contributed by atoms with E-state index in [0.29, 0.717) is 12.8 Å². The van der Waals surface area contributed by atoms with E-state index in [4.69, 9.17) is 5.73 Å². The van der Waals surface area contributed by atoms with Gasteiger partial charge in [-0.05, 0) is 19.8 Å². The zero-order valence-corrected chi connectivity index (χ0v) is 5.40. The summed E-state index contributed by atoms with van der Waals surface area (Å²) in [5.74, 6) is -3.03. The number of rotatable bonds is 2. The molecular formula is C6H11F2N. The van der Waals surface area contributed by atoms with E-state index in [0.717, 1.165) is 0 Å². The molecule has 0 heterocycles. The average molecular weight is 135 g/mol. The van der Waals surface area contributed by atoms with Gasteiger partial charge in [0.25, 0.3) is 5.92 Å². The minimum atomic E-state index is -2.61. The van der Waals surface area contributed by atoms with Crippen LogP contribution in [0.25, 0.3) is 0 Å². The van der Waals surface area contributed by atoms with Gasteiger partial charge in [0.15, 0.2) is 0 Å². The van der Waals surface area contributed by atoms with Crippen molar-refractivity contribution in [3.63, 3.8) is 0 Å². The first kappa shape index (κ1) is 6.93. The van der Waals surface area contributed by atoms with Gasteiger partial charge in [-0.3, -0.25) is 0 Å². The monoisotopic (exact) mass is 135 g/mol. The third-order valence-corrected chi connectivity index (χ3v) is 1.73. The van der Waals surface area contributed by atoms with Crippen molar-refractivity contribution in [3.8, 4) is 0 Å². The Morgan fingerprint density at radius 2 is 2.00 bits per heavy atom. The van der Waals surface area contributed by atoms with Crippen LogP contribution in [0.5, 0.6) is 0 Å². The van der Waals surface area contributed by atoms with Gasteiger partial charge in [-0.25, -0.2) is 8.78 Å². The molecule has 1 saturated carbocycles. The number of halogens is 2. The third kappa shape index (κ3) is 1.21. The van der Waals surface area contributed by atoms with Gasteiger partial charge in [-0.1, -0.05) is 0 Å². The molecule has 0 aromatic heterocycles. The van der Waals surface area contributed by atoms with Crippen LogP contribution < -0.4 is 5.73 Å². The highest BCUT2D eigenvalue weighted by Gasteiger charge is 2.49. The van der Waals surface area contributed by atoms with E-state index in [-0.39, 0.29) is 0 Å². The second-order valence-corrected chi connectivity index (χ2v) is 2.74. The Labute approximate surface area is 53.2 Å². The van der Waals surface area contributed by atoms with Crippen LogP contribution in [0.4, 0.5) is 8.78 Å². The summed E-state index contributed by atoms with van der Waals surface area (Å²) in [4.78, 5) is 0. The van der Waals surface area contributed by atoms with Crippen molar-refractivity contribution < 1.29 is 8.78 Å². The molecule has 3 heteroatoms. The molecule has 9 heavy (non-hydrogen) atoms.